The average Bonchev–Trinajstić information content (AvgIpc) is 2.63. The van der Waals surface area contributed by atoms with Gasteiger partial charge in [0.2, 0.25) is 5.91 Å². The van der Waals surface area contributed by atoms with Crippen molar-refractivity contribution in [1.29, 1.82) is 0 Å². The van der Waals surface area contributed by atoms with Gasteiger partial charge in [-0.3, -0.25) is 9.78 Å². The molecule has 1 fully saturated rings. The Hall–Kier alpha value is -2.36. The molecule has 1 unspecified atom stereocenters. The zero-order valence-electron chi connectivity index (χ0n) is 13.6. The summed E-state index contributed by atoms with van der Waals surface area (Å²) in [5.74, 6) is 0.456. The van der Waals surface area contributed by atoms with E-state index in [2.05, 4.69) is 41.1 Å². The highest BCUT2D eigenvalue weighted by Gasteiger charge is 2.22. The summed E-state index contributed by atoms with van der Waals surface area (Å²) in [6, 6.07) is 14.4. The fourth-order valence-electron chi connectivity index (χ4n) is 3.03. The van der Waals surface area contributed by atoms with Crippen molar-refractivity contribution >= 4 is 11.6 Å². The van der Waals surface area contributed by atoms with Crippen LogP contribution < -0.4 is 4.90 Å². The largest absolute Gasteiger partial charge is 0.368 e. The molecule has 0 saturated carbocycles. The van der Waals surface area contributed by atoms with Gasteiger partial charge in [-0.05, 0) is 29.7 Å². The van der Waals surface area contributed by atoms with Crippen molar-refractivity contribution in [3.05, 3.63) is 60.4 Å². The van der Waals surface area contributed by atoms with Crippen molar-refractivity contribution in [3.8, 4) is 0 Å². The second kappa shape index (κ2) is 7.27. The van der Waals surface area contributed by atoms with Crippen LogP contribution in [0.25, 0.3) is 0 Å². The van der Waals surface area contributed by atoms with Gasteiger partial charge in [-0.25, -0.2) is 0 Å². The number of pyridine rings is 1. The highest BCUT2D eigenvalue weighted by atomic mass is 16.2. The van der Waals surface area contributed by atoms with Gasteiger partial charge in [-0.15, -0.1) is 0 Å². The number of amides is 1. The van der Waals surface area contributed by atoms with Crippen molar-refractivity contribution in [3.63, 3.8) is 0 Å². The minimum Gasteiger partial charge on any atom is -0.368 e. The number of carbonyl (C=O) groups excluding carboxylic acids is 1. The lowest BCUT2D eigenvalue weighted by Crippen LogP contribution is -2.49. The van der Waals surface area contributed by atoms with E-state index in [0.717, 1.165) is 31.7 Å². The van der Waals surface area contributed by atoms with Crippen LogP contribution in [0.3, 0.4) is 0 Å². The average molecular weight is 309 g/mol. The molecule has 23 heavy (non-hydrogen) atoms. The molecule has 2 aromatic rings. The topological polar surface area (TPSA) is 36.4 Å². The molecule has 4 nitrogen and oxygen atoms in total. The second-order valence-corrected chi connectivity index (χ2v) is 6.09. The van der Waals surface area contributed by atoms with Crippen molar-refractivity contribution < 1.29 is 4.79 Å². The first kappa shape index (κ1) is 15.5. The number of para-hydroxylation sites is 1. The van der Waals surface area contributed by atoms with Gasteiger partial charge in [0, 0.05) is 50.7 Å². The molecule has 4 heteroatoms. The molecule has 1 amide bonds. The number of hydrogen-bond donors (Lipinski definition) is 0. The Morgan fingerprint density at radius 3 is 2.48 bits per heavy atom. The Morgan fingerprint density at radius 2 is 1.83 bits per heavy atom. The van der Waals surface area contributed by atoms with Gasteiger partial charge in [-0.2, -0.15) is 0 Å². The van der Waals surface area contributed by atoms with E-state index in [4.69, 9.17) is 0 Å². The van der Waals surface area contributed by atoms with Crippen LogP contribution in [-0.2, 0) is 4.79 Å². The van der Waals surface area contributed by atoms with Crippen LogP contribution in [0.1, 0.15) is 24.8 Å². The fourth-order valence-corrected chi connectivity index (χ4v) is 3.03. The summed E-state index contributed by atoms with van der Waals surface area (Å²) in [5, 5.41) is 0. The number of hydrogen-bond acceptors (Lipinski definition) is 3. The molecule has 2 heterocycles. The first-order valence-corrected chi connectivity index (χ1v) is 8.22. The second-order valence-electron chi connectivity index (χ2n) is 6.09. The van der Waals surface area contributed by atoms with E-state index in [1.54, 1.807) is 6.20 Å². The molecule has 0 spiro atoms. The van der Waals surface area contributed by atoms with Crippen LogP contribution in [0.5, 0.6) is 0 Å². The van der Waals surface area contributed by atoms with Gasteiger partial charge in [0.25, 0.3) is 0 Å². The maximum absolute atomic E-state index is 12.5. The standard InChI is InChI=1S/C19H23N3O/c1-16(17-6-5-9-20-15-17)14-19(23)22-12-10-21(11-13-22)18-7-3-2-4-8-18/h2-9,15-16H,10-14H2,1H3. The summed E-state index contributed by atoms with van der Waals surface area (Å²) in [6.45, 7) is 5.49. The first-order valence-electron chi connectivity index (χ1n) is 8.22. The highest BCUT2D eigenvalue weighted by Crippen LogP contribution is 2.20. The van der Waals surface area contributed by atoms with E-state index in [-0.39, 0.29) is 11.8 Å². The van der Waals surface area contributed by atoms with Gasteiger partial charge in [0.15, 0.2) is 0 Å². The van der Waals surface area contributed by atoms with Gasteiger partial charge in [-0.1, -0.05) is 31.2 Å². The molecule has 1 aliphatic rings. The lowest BCUT2D eigenvalue weighted by atomic mass is 9.99. The zero-order valence-corrected chi connectivity index (χ0v) is 13.6. The molecule has 3 rings (SSSR count). The Bertz CT molecular complexity index is 622. The Morgan fingerprint density at radius 1 is 1.09 bits per heavy atom. The number of piperazine rings is 1. The predicted molar refractivity (Wildman–Crippen MR) is 92.5 cm³/mol. The monoisotopic (exact) mass is 309 g/mol. The minimum absolute atomic E-state index is 0.211. The van der Waals surface area contributed by atoms with Crippen LogP contribution in [0.2, 0.25) is 0 Å². The third-order valence-corrected chi connectivity index (χ3v) is 4.49. The van der Waals surface area contributed by atoms with E-state index < -0.39 is 0 Å². The molecule has 0 bridgehead atoms. The lowest BCUT2D eigenvalue weighted by molar-refractivity contribution is -0.131. The van der Waals surface area contributed by atoms with Crippen molar-refractivity contribution in [2.75, 3.05) is 31.1 Å². The van der Waals surface area contributed by atoms with E-state index in [1.807, 2.05) is 29.3 Å². The molecule has 1 aliphatic heterocycles. The van der Waals surface area contributed by atoms with Gasteiger partial charge >= 0.3 is 0 Å². The molecular weight excluding hydrogens is 286 g/mol. The van der Waals surface area contributed by atoms with Gasteiger partial charge in [0.05, 0.1) is 0 Å². The summed E-state index contributed by atoms with van der Waals surface area (Å²) in [4.78, 5) is 21.0. The number of aromatic nitrogens is 1. The lowest BCUT2D eigenvalue weighted by Gasteiger charge is -2.36. The van der Waals surface area contributed by atoms with Crippen molar-refractivity contribution in [2.24, 2.45) is 0 Å². The van der Waals surface area contributed by atoms with E-state index >= 15 is 0 Å². The fraction of sp³-hybridized carbons (Fsp3) is 0.368. The maximum Gasteiger partial charge on any atom is 0.223 e. The smallest absolute Gasteiger partial charge is 0.223 e. The number of nitrogens with zero attached hydrogens (tertiary/aromatic N) is 3. The van der Waals surface area contributed by atoms with Crippen LogP contribution in [0.4, 0.5) is 5.69 Å². The zero-order chi connectivity index (χ0) is 16.1. The number of anilines is 1. The maximum atomic E-state index is 12.5. The van der Waals surface area contributed by atoms with Crippen LogP contribution >= 0.6 is 0 Å². The van der Waals surface area contributed by atoms with Crippen molar-refractivity contribution in [1.82, 2.24) is 9.88 Å². The molecule has 0 N–H and O–H groups in total. The van der Waals surface area contributed by atoms with Crippen LogP contribution in [0, 0.1) is 0 Å². The normalized spacial score (nSPS) is 16.2. The highest BCUT2D eigenvalue weighted by molar-refractivity contribution is 5.77. The summed E-state index contributed by atoms with van der Waals surface area (Å²) < 4.78 is 0. The summed E-state index contributed by atoms with van der Waals surface area (Å²) in [7, 11) is 0. The number of rotatable bonds is 4. The molecule has 1 atom stereocenters. The van der Waals surface area contributed by atoms with Crippen LogP contribution in [0.15, 0.2) is 54.9 Å². The molecular formula is C19H23N3O. The Kier molecular flexibility index (Phi) is 4.91. The number of carbonyl (C=O) groups is 1. The molecule has 1 aromatic carbocycles. The molecule has 1 saturated heterocycles. The third-order valence-electron chi connectivity index (χ3n) is 4.49. The Labute approximate surface area is 137 Å². The molecule has 0 aliphatic carbocycles. The summed E-state index contributed by atoms with van der Waals surface area (Å²) in [5.41, 5.74) is 2.37. The molecule has 1 aromatic heterocycles. The van der Waals surface area contributed by atoms with Gasteiger partial charge in [0.1, 0.15) is 0 Å². The summed E-state index contributed by atoms with van der Waals surface area (Å²) in [6.07, 6.45) is 4.17. The van der Waals surface area contributed by atoms with E-state index in [0.29, 0.717) is 6.42 Å². The third kappa shape index (κ3) is 3.89. The predicted octanol–water partition coefficient (Wildman–Crippen LogP) is 2.92. The Balaban J connectivity index is 1.52. The minimum atomic E-state index is 0.211. The molecule has 0 radical (unpaired) electrons. The SMILES string of the molecule is CC(CC(=O)N1CCN(c2ccccc2)CC1)c1cccnc1. The van der Waals surface area contributed by atoms with Gasteiger partial charge < -0.3 is 9.80 Å². The van der Waals surface area contributed by atoms with Crippen molar-refractivity contribution in [2.45, 2.75) is 19.3 Å². The first-order chi connectivity index (χ1) is 11.2. The summed E-state index contributed by atoms with van der Waals surface area (Å²) >= 11 is 0. The molecule has 120 valence electrons. The number of benzene rings is 1. The van der Waals surface area contributed by atoms with Crippen LogP contribution in [-0.4, -0.2) is 42.0 Å². The quantitative estimate of drug-likeness (QED) is 0.871. The van der Waals surface area contributed by atoms with E-state index in [9.17, 15) is 4.79 Å². The van der Waals surface area contributed by atoms with E-state index in [1.165, 1.54) is 5.69 Å².